The van der Waals surface area contributed by atoms with Crippen LogP contribution >= 0.6 is 0 Å². The Hall–Kier alpha value is -3.41. The minimum Gasteiger partial charge on any atom is -0.462 e. The molecule has 1 unspecified atom stereocenters. The van der Waals surface area contributed by atoms with Crippen LogP contribution in [0.1, 0.15) is 335 Å². The predicted molar refractivity (Wildman–Crippen MR) is 339 cm³/mol. The number of hydrogen-bond acceptors (Lipinski definition) is 6. The highest BCUT2D eigenvalue weighted by Crippen LogP contribution is 2.17. The summed E-state index contributed by atoms with van der Waals surface area (Å²) in [5.41, 5.74) is 0. The molecule has 0 aliphatic rings. The Morgan fingerprint density at radius 1 is 0.269 bits per heavy atom. The van der Waals surface area contributed by atoms with Crippen LogP contribution in [-0.2, 0) is 28.6 Å². The van der Waals surface area contributed by atoms with Gasteiger partial charge in [-0.05, 0) is 77.0 Å². The highest BCUT2D eigenvalue weighted by molar-refractivity contribution is 5.71. The predicted octanol–water partition coefficient (Wildman–Crippen LogP) is 23.1. The number of hydrogen-bond donors (Lipinski definition) is 0. The Labute approximate surface area is 484 Å². The van der Waals surface area contributed by atoms with Gasteiger partial charge >= 0.3 is 17.9 Å². The van der Waals surface area contributed by atoms with Gasteiger partial charge in [-0.2, -0.15) is 0 Å². The smallest absolute Gasteiger partial charge is 0.306 e. The van der Waals surface area contributed by atoms with Crippen molar-refractivity contribution in [2.24, 2.45) is 0 Å². The Bertz CT molecular complexity index is 1480. The average Bonchev–Trinajstić information content (AvgIpc) is 3.44. The molecule has 0 saturated carbocycles. The fourth-order valence-electron chi connectivity index (χ4n) is 9.66. The van der Waals surface area contributed by atoms with Crippen LogP contribution in [0.15, 0.2) is 85.1 Å². The van der Waals surface area contributed by atoms with E-state index in [1.165, 1.54) is 186 Å². The van der Waals surface area contributed by atoms with Crippen LogP contribution < -0.4 is 0 Å². The second-order valence-corrected chi connectivity index (χ2v) is 22.4. The van der Waals surface area contributed by atoms with Crippen LogP contribution in [0.5, 0.6) is 0 Å². The number of carbonyl (C=O) groups is 3. The van der Waals surface area contributed by atoms with E-state index in [-0.39, 0.29) is 31.1 Å². The number of unbranched alkanes of at least 4 members (excludes halogenated alkanes) is 36. The molecule has 0 aromatic heterocycles. The van der Waals surface area contributed by atoms with E-state index < -0.39 is 6.10 Å². The third-order valence-electron chi connectivity index (χ3n) is 14.7. The van der Waals surface area contributed by atoms with E-state index in [0.29, 0.717) is 19.3 Å². The summed E-state index contributed by atoms with van der Waals surface area (Å²) in [4.78, 5) is 38.3. The third kappa shape index (κ3) is 63.4. The minimum absolute atomic E-state index is 0.0748. The van der Waals surface area contributed by atoms with Gasteiger partial charge in [0.05, 0.1) is 0 Å². The topological polar surface area (TPSA) is 78.9 Å². The lowest BCUT2D eigenvalue weighted by atomic mass is 10.0. The monoisotopic (exact) mass is 1090 g/mol. The van der Waals surface area contributed by atoms with Gasteiger partial charge in [0.15, 0.2) is 6.10 Å². The second-order valence-electron chi connectivity index (χ2n) is 22.4. The molecule has 6 nitrogen and oxygen atoms in total. The summed E-state index contributed by atoms with van der Waals surface area (Å²) in [5, 5.41) is 0. The first-order valence-electron chi connectivity index (χ1n) is 33.6. The lowest BCUT2D eigenvalue weighted by Crippen LogP contribution is -2.30. The van der Waals surface area contributed by atoms with Gasteiger partial charge in [0.1, 0.15) is 13.2 Å². The van der Waals surface area contributed by atoms with Crippen molar-refractivity contribution in [3.8, 4) is 0 Å². The Morgan fingerprint density at radius 2 is 0.500 bits per heavy atom. The summed E-state index contributed by atoms with van der Waals surface area (Å²) in [6.07, 6.45) is 87.4. The molecule has 0 fully saturated rings. The SMILES string of the molecule is CC/C=C\C/C=C\C/C=C\C/C=C\C/C=C\C/C=C\C/C=C\CCCCCCCCCC(=O)OCC(COC(=O)CCCCCCCCCCCCCC)OC(=O)CCCCCCCCCCCCCCCCCCCCC. The number of carbonyl (C=O) groups excluding carboxylic acids is 3. The molecule has 6 heteroatoms. The third-order valence-corrected chi connectivity index (χ3v) is 14.7. The molecule has 0 aliphatic carbocycles. The lowest BCUT2D eigenvalue weighted by molar-refractivity contribution is -0.167. The maximum Gasteiger partial charge on any atom is 0.306 e. The zero-order valence-corrected chi connectivity index (χ0v) is 51.7. The summed E-state index contributed by atoms with van der Waals surface area (Å²) in [7, 11) is 0. The Balaban J connectivity index is 4.28. The van der Waals surface area contributed by atoms with Gasteiger partial charge < -0.3 is 14.2 Å². The van der Waals surface area contributed by atoms with Crippen molar-refractivity contribution in [3.63, 3.8) is 0 Å². The molecule has 0 heterocycles. The summed E-state index contributed by atoms with van der Waals surface area (Å²) in [6, 6.07) is 0. The molecular weight excluding hydrogens is 961 g/mol. The summed E-state index contributed by atoms with van der Waals surface area (Å²) in [6.45, 7) is 6.56. The van der Waals surface area contributed by atoms with E-state index in [2.05, 4.69) is 106 Å². The van der Waals surface area contributed by atoms with E-state index >= 15 is 0 Å². The van der Waals surface area contributed by atoms with Crippen molar-refractivity contribution in [1.82, 2.24) is 0 Å². The van der Waals surface area contributed by atoms with E-state index in [9.17, 15) is 14.4 Å². The van der Waals surface area contributed by atoms with Gasteiger partial charge in [-0.15, -0.1) is 0 Å². The number of esters is 3. The standard InChI is InChI=1S/C72H126O6/c1-4-7-10-13-16-19-22-25-27-29-31-32-33-34-35-36-37-38-39-40-42-43-45-47-50-53-56-59-62-65-71(74)77-68-69(67-76-70(73)64-61-58-55-52-49-24-21-18-15-12-9-6-3)78-72(75)66-63-60-57-54-51-48-46-44-41-30-28-26-23-20-17-14-11-8-5-2/h7,10,16,19,25,27,31-32,34-35,37-38,40,42,69H,4-6,8-9,11-15,17-18,20-24,26,28-30,33,36,39,41,43-68H2,1-3H3/b10-7-,19-16-,27-25-,32-31-,35-34-,38-37-,42-40-. The van der Waals surface area contributed by atoms with Gasteiger partial charge in [0.2, 0.25) is 0 Å². The van der Waals surface area contributed by atoms with Gasteiger partial charge in [-0.3, -0.25) is 14.4 Å². The maximum absolute atomic E-state index is 12.9. The van der Waals surface area contributed by atoms with Crippen molar-refractivity contribution in [2.45, 2.75) is 341 Å². The Morgan fingerprint density at radius 3 is 0.782 bits per heavy atom. The van der Waals surface area contributed by atoms with Crippen molar-refractivity contribution in [3.05, 3.63) is 85.1 Å². The Kier molecular flexibility index (Phi) is 63.2. The minimum atomic E-state index is -0.779. The normalized spacial score (nSPS) is 12.6. The van der Waals surface area contributed by atoms with Crippen molar-refractivity contribution in [2.75, 3.05) is 13.2 Å². The van der Waals surface area contributed by atoms with Crippen LogP contribution in [0.3, 0.4) is 0 Å². The van der Waals surface area contributed by atoms with Crippen LogP contribution in [0.25, 0.3) is 0 Å². The fourth-order valence-corrected chi connectivity index (χ4v) is 9.66. The largest absolute Gasteiger partial charge is 0.462 e. The quantitative estimate of drug-likeness (QED) is 0.0261. The van der Waals surface area contributed by atoms with E-state index in [1.54, 1.807) is 0 Å². The molecule has 0 aromatic carbocycles. The maximum atomic E-state index is 12.9. The molecule has 450 valence electrons. The fraction of sp³-hybridized carbons (Fsp3) is 0.764. The average molecular weight is 1090 g/mol. The summed E-state index contributed by atoms with van der Waals surface area (Å²) >= 11 is 0. The summed E-state index contributed by atoms with van der Waals surface area (Å²) in [5.74, 6) is -0.869. The highest BCUT2D eigenvalue weighted by atomic mass is 16.6. The molecule has 0 radical (unpaired) electrons. The van der Waals surface area contributed by atoms with Crippen LogP contribution in [0.2, 0.25) is 0 Å². The van der Waals surface area contributed by atoms with Gasteiger partial charge in [-0.25, -0.2) is 0 Å². The number of ether oxygens (including phenoxy) is 3. The van der Waals surface area contributed by atoms with Gasteiger partial charge in [0, 0.05) is 19.3 Å². The molecule has 0 bridgehead atoms. The first-order valence-corrected chi connectivity index (χ1v) is 33.6. The van der Waals surface area contributed by atoms with E-state index in [4.69, 9.17) is 14.2 Å². The molecule has 0 amide bonds. The van der Waals surface area contributed by atoms with Crippen molar-refractivity contribution >= 4 is 17.9 Å². The lowest BCUT2D eigenvalue weighted by Gasteiger charge is -2.18. The van der Waals surface area contributed by atoms with Crippen LogP contribution in [-0.4, -0.2) is 37.2 Å². The molecule has 0 spiro atoms. The molecule has 78 heavy (non-hydrogen) atoms. The molecule has 0 rings (SSSR count). The number of allylic oxidation sites excluding steroid dienone is 14. The van der Waals surface area contributed by atoms with Crippen LogP contribution in [0, 0.1) is 0 Å². The molecular formula is C72H126O6. The molecule has 0 aromatic rings. The zero-order valence-electron chi connectivity index (χ0n) is 51.7. The molecule has 1 atom stereocenters. The first kappa shape index (κ1) is 74.6. The highest BCUT2D eigenvalue weighted by Gasteiger charge is 2.19. The molecule has 0 saturated heterocycles. The number of rotatable bonds is 61. The van der Waals surface area contributed by atoms with Crippen molar-refractivity contribution < 1.29 is 28.6 Å². The van der Waals surface area contributed by atoms with E-state index in [1.807, 2.05) is 0 Å². The van der Waals surface area contributed by atoms with Gasteiger partial charge in [-0.1, -0.05) is 324 Å². The van der Waals surface area contributed by atoms with Gasteiger partial charge in [0.25, 0.3) is 0 Å². The molecule has 0 aliphatic heterocycles. The second kappa shape index (κ2) is 66.1. The molecule has 0 N–H and O–H groups in total. The first-order chi connectivity index (χ1) is 38.5. The summed E-state index contributed by atoms with van der Waals surface area (Å²) < 4.78 is 16.9. The van der Waals surface area contributed by atoms with Crippen molar-refractivity contribution in [1.29, 1.82) is 0 Å². The zero-order chi connectivity index (χ0) is 56.4. The van der Waals surface area contributed by atoms with E-state index in [0.717, 1.165) is 109 Å². The van der Waals surface area contributed by atoms with Crippen LogP contribution in [0.4, 0.5) is 0 Å².